The van der Waals surface area contributed by atoms with Gasteiger partial charge in [0.05, 0.1) is 31.0 Å². The normalized spacial score (nSPS) is 16.9. The molecule has 4 N–H and O–H groups in total. The summed E-state index contributed by atoms with van der Waals surface area (Å²) in [5, 5.41) is 30.5. The van der Waals surface area contributed by atoms with E-state index in [0.717, 1.165) is 24.1 Å². The van der Waals surface area contributed by atoms with Gasteiger partial charge in [0.15, 0.2) is 11.5 Å². The van der Waals surface area contributed by atoms with Crippen LogP contribution in [0.25, 0.3) is 11.2 Å². The average molecular weight is 561 g/mol. The highest BCUT2D eigenvalue weighted by atomic mass is 16.5. The van der Waals surface area contributed by atoms with Crippen molar-refractivity contribution in [3.63, 3.8) is 0 Å². The minimum absolute atomic E-state index is 0.0109. The van der Waals surface area contributed by atoms with Gasteiger partial charge in [0, 0.05) is 53.9 Å². The third-order valence-corrected chi connectivity index (χ3v) is 7.98. The van der Waals surface area contributed by atoms with Crippen LogP contribution in [0.2, 0.25) is 0 Å². The number of aryl methyl sites for hydroxylation is 1. The van der Waals surface area contributed by atoms with Gasteiger partial charge in [-0.3, -0.25) is 9.48 Å². The van der Waals surface area contributed by atoms with Gasteiger partial charge in [-0.25, -0.2) is 9.97 Å². The first-order valence-electron chi connectivity index (χ1n) is 13.9. The first-order valence-corrected chi connectivity index (χ1v) is 13.9. The molecule has 4 aromatic rings. The minimum Gasteiger partial charge on any atom is -0.455 e. The molecular formula is C29H36N8O4. The summed E-state index contributed by atoms with van der Waals surface area (Å²) in [6.45, 7) is 6.36. The summed E-state index contributed by atoms with van der Waals surface area (Å²) in [6.07, 6.45) is 6.40. The lowest BCUT2D eigenvalue weighted by Crippen LogP contribution is -2.45. The van der Waals surface area contributed by atoms with Crippen molar-refractivity contribution in [2.75, 3.05) is 23.8 Å². The molecular weight excluding hydrogens is 524 g/mol. The Morgan fingerprint density at radius 2 is 1.85 bits per heavy atom. The summed E-state index contributed by atoms with van der Waals surface area (Å²) >= 11 is 0. The molecule has 0 unspecified atom stereocenters. The number of imidazole rings is 1. The van der Waals surface area contributed by atoms with Crippen molar-refractivity contribution in [1.82, 2.24) is 29.3 Å². The Morgan fingerprint density at radius 1 is 1.10 bits per heavy atom. The van der Waals surface area contributed by atoms with E-state index in [9.17, 15) is 15.0 Å². The van der Waals surface area contributed by atoms with Gasteiger partial charge in [-0.2, -0.15) is 10.1 Å². The number of nitrogens with one attached hydrogen (secondary N) is 2. The fourth-order valence-electron chi connectivity index (χ4n) is 5.30. The Balaban J connectivity index is 1.21. The van der Waals surface area contributed by atoms with Crippen LogP contribution in [0.4, 0.5) is 17.6 Å². The van der Waals surface area contributed by atoms with Crippen molar-refractivity contribution in [3.8, 4) is 11.5 Å². The number of carbonyl (C=O) groups excluding carboxylic acids is 1. The Hall–Kier alpha value is -4.03. The zero-order valence-corrected chi connectivity index (χ0v) is 23.8. The molecule has 216 valence electrons. The predicted octanol–water partition coefficient (Wildman–Crippen LogP) is 4.05. The molecule has 0 radical (unpaired) electrons. The minimum atomic E-state index is -0.440. The average Bonchev–Trinajstić information content (AvgIpc) is 3.62. The monoisotopic (exact) mass is 560 g/mol. The molecule has 2 fully saturated rings. The highest BCUT2D eigenvalue weighted by Crippen LogP contribution is 2.49. The second-order valence-corrected chi connectivity index (χ2v) is 12.4. The fourth-order valence-corrected chi connectivity index (χ4v) is 5.30. The molecule has 2 aliphatic carbocycles. The molecule has 0 spiro atoms. The predicted molar refractivity (Wildman–Crippen MR) is 153 cm³/mol. The first-order chi connectivity index (χ1) is 19.6. The van der Waals surface area contributed by atoms with Crippen LogP contribution in [0, 0.1) is 11.3 Å². The maximum absolute atomic E-state index is 12.1. The summed E-state index contributed by atoms with van der Waals surface area (Å²) < 4.78 is 9.95. The van der Waals surface area contributed by atoms with Crippen molar-refractivity contribution < 1.29 is 19.7 Å². The molecule has 0 saturated heterocycles. The second kappa shape index (κ2) is 10.1. The van der Waals surface area contributed by atoms with Gasteiger partial charge in [-0.1, -0.05) is 20.8 Å². The lowest BCUT2D eigenvalue weighted by molar-refractivity contribution is -0.117. The molecule has 12 heteroatoms. The maximum Gasteiger partial charge on any atom is 0.228 e. The van der Waals surface area contributed by atoms with Gasteiger partial charge in [-0.15, -0.1) is 0 Å². The SMILES string of the molecule is Cn1c(Nc2cc(C(C)(C)C)n(C3CC(CO)(CO)C3)n2)nc2ncc(Oc3ccnc(NC(=O)C4CC4)c3)cc21. The molecule has 0 aromatic carbocycles. The smallest absolute Gasteiger partial charge is 0.228 e. The van der Waals surface area contributed by atoms with Crippen LogP contribution in [0.3, 0.4) is 0 Å². The molecule has 6 rings (SSSR count). The first kappa shape index (κ1) is 27.2. The van der Waals surface area contributed by atoms with Gasteiger partial charge >= 0.3 is 0 Å². The molecule has 4 aromatic heterocycles. The van der Waals surface area contributed by atoms with Gasteiger partial charge in [0.25, 0.3) is 0 Å². The summed E-state index contributed by atoms with van der Waals surface area (Å²) in [5.41, 5.74) is 1.79. The number of ether oxygens (including phenoxy) is 1. The number of aliphatic hydroxyl groups is 2. The van der Waals surface area contributed by atoms with Crippen LogP contribution in [0.15, 0.2) is 36.7 Å². The van der Waals surface area contributed by atoms with E-state index in [2.05, 4.69) is 46.4 Å². The summed E-state index contributed by atoms with van der Waals surface area (Å²) in [7, 11) is 1.89. The number of rotatable bonds is 9. The Bertz CT molecular complexity index is 1590. The zero-order chi connectivity index (χ0) is 28.9. The quantitative estimate of drug-likeness (QED) is 0.238. The number of pyridine rings is 2. The van der Waals surface area contributed by atoms with Crippen molar-refractivity contribution >= 4 is 34.7 Å². The van der Waals surface area contributed by atoms with E-state index >= 15 is 0 Å². The topological polar surface area (TPSA) is 152 Å². The number of hydrogen-bond donors (Lipinski definition) is 4. The summed E-state index contributed by atoms with van der Waals surface area (Å²) in [6, 6.07) is 7.42. The molecule has 0 bridgehead atoms. The Morgan fingerprint density at radius 3 is 2.54 bits per heavy atom. The van der Waals surface area contributed by atoms with Gasteiger partial charge < -0.3 is 30.2 Å². The molecule has 4 heterocycles. The molecule has 1 amide bonds. The van der Waals surface area contributed by atoms with E-state index in [1.54, 1.807) is 24.5 Å². The fraction of sp³-hybridized carbons (Fsp3) is 0.483. The van der Waals surface area contributed by atoms with E-state index in [0.29, 0.717) is 47.6 Å². The highest BCUT2D eigenvalue weighted by molar-refractivity contribution is 5.93. The third-order valence-electron chi connectivity index (χ3n) is 7.98. The molecule has 2 aliphatic rings. The second-order valence-electron chi connectivity index (χ2n) is 12.4. The van der Waals surface area contributed by atoms with E-state index in [1.807, 2.05) is 28.4 Å². The number of amides is 1. The maximum atomic E-state index is 12.1. The van der Waals surface area contributed by atoms with Crippen molar-refractivity contribution in [2.45, 2.75) is 57.9 Å². The van der Waals surface area contributed by atoms with Crippen molar-refractivity contribution in [3.05, 3.63) is 42.4 Å². The number of fused-ring (bicyclic) bond motifs is 1. The van der Waals surface area contributed by atoms with Crippen molar-refractivity contribution in [2.24, 2.45) is 18.4 Å². The zero-order valence-electron chi connectivity index (χ0n) is 23.8. The highest BCUT2D eigenvalue weighted by Gasteiger charge is 2.46. The third kappa shape index (κ3) is 5.36. The molecule has 0 atom stereocenters. The van der Waals surface area contributed by atoms with E-state index in [4.69, 9.17) is 9.84 Å². The Labute approximate surface area is 237 Å². The number of carbonyl (C=O) groups is 1. The van der Waals surface area contributed by atoms with Crippen LogP contribution in [-0.4, -0.2) is 58.6 Å². The van der Waals surface area contributed by atoms with Crippen LogP contribution in [0.5, 0.6) is 11.5 Å². The lowest BCUT2D eigenvalue weighted by Gasteiger charge is -2.46. The van der Waals surface area contributed by atoms with Gasteiger partial charge in [-0.05, 0) is 31.7 Å². The molecule has 2 saturated carbocycles. The number of hydrogen-bond acceptors (Lipinski definition) is 9. The number of anilines is 3. The van der Waals surface area contributed by atoms with Crippen LogP contribution >= 0.6 is 0 Å². The molecule has 41 heavy (non-hydrogen) atoms. The number of aliphatic hydroxyl groups excluding tert-OH is 2. The number of aromatic nitrogens is 6. The molecule has 0 aliphatic heterocycles. The standard InChI is InChI=1S/C29H36N8O4/c1-28(2,3)22-11-24(35-37(22)18-12-29(13-18,15-38)16-39)33-27-34-25-21(36(27)4)9-20(14-31-25)41-19-7-8-30-23(10-19)32-26(40)17-5-6-17/h7-11,14,17-18,38-39H,5-6,12-13,15-16H2,1-4H3,(H,30,32,40)(H,31,33,34,35). The Kier molecular flexibility index (Phi) is 6.69. The van der Waals surface area contributed by atoms with Crippen LogP contribution < -0.4 is 15.4 Å². The summed E-state index contributed by atoms with van der Waals surface area (Å²) in [5.74, 6) is 2.83. The number of nitrogens with zero attached hydrogens (tertiary/aromatic N) is 6. The summed E-state index contributed by atoms with van der Waals surface area (Å²) in [4.78, 5) is 25.5. The van der Waals surface area contributed by atoms with Crippen molar-refractivity contribution in [1.29, 1.82) is 0 Å². The van der Waals surface area contributed by atoms with E-state index in [1.165, 1.54) is 0 Å². The van der Waals surface area contributed by atoms with Crippen LogP contribution in [-0.2, 0) is 17.3 Å². The molecule has 12 nitrogen and oxygen atoms in total. The lowest BCUT2D eigenvalue weighted by atomic mass is 9.66. The van der Waals surface area contributed by atoms with E-state index < -0.39 is 5.41 Å². The largest absolute Gasteiger partial charge is 0.455 e. The van der Waals surface area contributed by atoms with Crippen LogP contribution in [0.1, 0.15) is 58.2 Å². The van der Waals surface area contributed by atoms with Gasteiger partial charge in [0.2, 0.25) is 11.9 Å². The van der Waals surface area contributed by atoms with E-state index in [-0.39, 0.29) is 36.5 Å². The van der Waals surface area contributed by atoms with Gasteiger partial charge in [0.1, 0.15) is 17.3 Å².